The van der Waals surface area contributed by atoms with Gasteiger partial charge in [0.15, 0.2) is 0 Å². The minimum absolute atomic E-state index is 0.156. The van der Waals surface area contributed by atoms with E-state index in [4.69, 9.17) is 11.6 Å². The van der Waals surface area contributed by atoms with Gasteiger partial charge < -0.3 is 5.32 Å². The molecule has 1 nitrogen and oxygen atoms in total. The quantitative estimate of drug-likeness (QED) is 0.488. The van der Waals surface area contributed by atoms with Crippen LogP contribution in [0.3, 0.4) is 0 Å². The number of halogens is 4. The summed E-state index contributed by atoms with van der Waals surface area (Å²) in [6.45, 7) is 3.31. The first-order chi connectivity index (χ1) is 7.49. The standard InChI is InChI=1S/C11H21ClF3N/c1-2-4-10(5-7-12)9-16-8-3-6-11(13,14)15/h10,16H,2-9H2,1H3. The van der Waals surface area contributed by atoms with Crippen LogP contribution >= 0.6 is 11.6 Å². The smallest absolute Gasteiger partial charge is 0.316 e. The van der Waals surface area contributed by atoms with E-state index in [0.717, 1.165) is 25.8 Å². The predicted octanol–water partition coefficient (Wildman–Crippen LogP) is 3.96. The van der Waals surface area contributed by atoms with Crippen LogP contribution in [0, 0.1) is 5.92 Å². The Labute approximate surface area is 101 Å². The van der Waals surface area contributed by atoms with Crippen molar-refractivity contribution in [2.75, 3.05) is 19.0 Å². The molecule has 0 fully saturated rings. The number of nitrogens with one attached hydrogen (secondary N) is 1. The van der Waals surface area contributed by atoms with Crippen molar-refractivity contribution in [1.82, 2.24) is 5.32 Å². The van der Waals surface area contributed by atoms with Gasteiger partial charge in [-0.3, -0.25) is 0 Å². The monoisotopic (exact) mass is 259 g/mol. The normalized spacial score (nSPS) is 14.1. The third-order valence-electron chi connectivity index (χ3n) is 2.46. The van der Waals surface area contributed by atoms with Crippen LogP contribution in [0.5, 0.6) is 0 Å². The summed E-state index contributed by atoms with van der Waals surface area (Å²) in [4.78, 5) is 0. The fourth-order valence-corrected chi connectivity index (χ4v) is 1.94. The molecule has 16 heavy (non-hydrogen) atoms. The molecule has 0 amide bonds. The van der Waals surface area contributed by atoms with Gasteiger partial charge in [0.25, 0.3) is 0 Å². The van der Waals surface area contributed by atoms with E-state index in [1.807, 2.05) is 0 Å². The summed E-state index contributed by atoms with van der Waals surface area (Å²) in [5, 5.41) is 3.07. The second-order valence-corrected chi connectivity index (χ2v) is 4.43. The lowest BCUT2D eigenvalue weighted by molar-refractivity contribution is -0.135. The highest BCUT2D eigenvalue weighted by Crippen LogP contribution is 2.20. The maximum atomic E-state index is 11.8. The lowest BCUT2D eigenvalue weighted by Gasteiger charge is -2.15. The number of rotatable bonds is 9. The van der Waals surface area contributed by atoms with Gasteiger partial charge in [-0.05, 0) is 38.3 Å². The van der Waals surface area contributed by atoms with Gasteiger partial charge in [-0.15, -0.1) is 11.6 Å². The third-order valence-corrected chi connectivity index (χ3v) is 2.68. The summed E-state index contributed by atoms with van der Waals surface area (Å²) in [5.41, 5.74) is 0. The Bertz CT molecular complexity index is 156. The average molecular weight is 260 g/mol. The summed E-state index contributed by atoms with van der Waals surface area (Å²) < 4.78 is 35.5. The van der Waals surface area contributed by atoms with Gasteiger partial charge in [-0.2, -0.15) is 13.2 Å². The maximum absolute atomic E-state index is 11.8. The molecule has 0 bridgehead atoms. The number of hydrogen-bond acceptors (Lipinski definition) is 1. The zero-order valence-electron chi connectivity index (χ0n) is 9.75. The lowest BCUT2D eigenvalue weighted by Crippen LogP contribution is -2.25. The van der Waals surface area contributed by atoms with E-state index in [-0.39, 0.29) is 6.42 Å². The maximum Gasteiger partial charge on any atom is 0.389 e. The van der Waals surface area contributed by atoms with Crippen molar-refractivity contribution in [1.29, 1.82) is 0 Å². The topological polar surface area (TPSA) is 12.0 Å². The minimum Gasteiger partial charge on any atom is -0.316 e. The zero-order chi connectivity index (χ0) is 12.4. The second-order valence-electron chi connectivity index (χ2n) is 4.06. The molecule has 1 atom stereocenters. The van der Waals surface area contributed by atoms with Gasteiger partial charge in [0.2, 0.25) is 0 Å². The Kier molecular flexibility index (Phi) is 9.13. The van der Waals surface area contributed by atoms with Crippen molar-refractivity contribution in [3.05, 3.63) is 0 Å². The molecule has 0 aliphatic heterocycles. The van der Waals surface area contributed by atoms with Crippen LogP contribution in [0.1, 0.15) is 39.0 Å². The average Bonchev–Trinajstić information content (AvgIpc) is 2.16. The summed E-state index contributed by atoms with van der Waals surface area (Å²) in [7, 11) is 0. The minimum atomic E-state index is -4.03. The molecule has 0 aromatic heterocycles. The molecule has 0 radical (unpaired) electrons. The number of alkyl halides is 4. The first kappa shape index (κ1) is 16.0. The molecule has 0 rings (SSSR count). The Morgan fingerprint density at radius 1 is 1.25 bits per heavy atom. The molecule has 0 saturated carbocycles. The Balaban J connectivity index is 3.46. The van der Waals surface area contributed by atoms with E-state index in [2.05, 4.69) is 12.2 Å². The molecule has 5 heteroatoms. The van der Waals surface area contributed by atoms with E-state index < -0.39 is 12.6 Å². The molecular weight excluding hydrogens is 239 g/mol. The summed E-state index contributed by atoms with van der Waals surface area (Å²) >= 11 is 5.66. The Morgan fingerprint density at radius 2 is 1.94 bits per heavy atom. The van der Waals surface area contributed by atoms with Gasteiger partial charge in [-0.1, -0.05) is 13.3 Å². The molecule has 0 aromatic rings. The van der Waals surface area contributed by atoms with Crippen LogP contribution < -0.4 is 5.32 Å². The molecular formula is C11H21ClF3N. The third kappa shape index (κ3) is 10.6. The van der Waals surface area contributed by atoms with Crippen LogP contribution in [0.15, 0.2) is 0 Å². The fourth-order valence-electron chi connectivity index (χ4n) is 1.63. The molecule has 0 aliphatic rings. The van der Waals surface area contributed by atoms with Crippen LogP contribution in [-0.4, -0.2) is 25.1 Å². The van der Waals surface area contributed by atoms with E-state index in [1.165, 1.54) is 0 Å². The molecule has 1 N–H and O–H groups in total. The molecule has 0 saturated heterocycles. The largest absolute Gasteiger partial charge is 0.389 e. The van der Waals surface area contributed by atoms with Gasteiger partial charge in [0, 0.05) is 12.3 Å². The van der Waals surface area contributed by atoms with Crippen LogP contribution in [0.25, 0.3) is 0 Å². The summed E-state index contributed by atoms with van der Waals surface area (Å²) in [6.07, 6.45) is -1.47. The van der Waals surface area contributed by atoms with Crippen molar-refractivity contribution in [3.63, 3.8) is 0 Å². The van der Waals surface area contributed by atoms with Gasteiger partial charge in [0.05, 0.1) is 0 Å². The van der Waals surface area contributed by atoms with Crippen molar-refractivity contribution in [3.8, 4) is 0 Å². The molecule has 98 valence electrons. The number of hydrogen-bond donors (Lipinski definition) is 1. The first-order valence-electron chi connectivity index (χ1n) is 5.83. The van der Waals surface area contributed by atoms with Crippen molar-refractivity contribution >= 4 is 11.6 Å². The van der Waals surface area contributed by atoms with E-state index >= 15 is 0 Å². The fraction of sp³-hybridized carbons (Fsp3) is 1.00. The van der Waals surface area contributed by atoms with Crippen LogP contribution in [0.2, 0.25) is 0 Å². The van der Waals surface area contributed by atoms with Crippen molar-refractivity contribution in [2.45, 2.75) is 45.2 Å². The van der Waals surface area contributed by atoms with E-state index in [9.17, 15) is 13.2 Å². The Morgan fingerprint density at radius 3 is 2.44 bits per heavy atom. The van der Waals surface area contributed by atoms with E-state index in [0.29, 0.717) is 18.3 Å². The predicted molar refractivity (Wildman–Crippen MR) is 61.9 cm³/mol. The highest BCUT2D eigenvalue weighted by Gasteiger charge is 2.25. The molecule has 0 heterocycles. The van der Waals surface area contributed by atoms with Gasteiger partial charge in [0.1, 0.15) is 0 Å². The second kappa shape index (κ2) is 9.11. The van der Waals surface area contributed by atoms with Crippen LogP contribution in [0.4, 0.5) is 13.2 Å². The lowest BCUT2D eigenvalue weighted by atomic mass is 10.0. The van der Waals surface area contributed by atoms with Crippen molar-refractivity contribution in [2.24, 2.45) is 5.92 Å². The van der Waals surface area contributed by atoms with Crippen LogP contribution in [-0.2, 0) is 0 Å². The Hall–Kier alpha value is 0.0400. The molecule has 0 aromatic carbocycles. The van der Waals surface area contributed by atoms with E-state index in [1.54, 1.807) is 0 Å². The first-order valence-corrected chi connectivity index (χ1v) is 6.36. The van der Waals surface area contributed by atoms with Gasteiger partial charge in [-0.25, -0.2) is 0 Å². The SMILES string of the molecule is CCCC(CCCl)CNCCCC(F)(F)F. The molecule has 0 spiro atoms. The van der Waals surface area contributed by atoms with Crippen molar-refractivity contribution < 1.29 is 13.2 Å². The molecule has 0 aliphatic carbocycles. The summed E-state index contributed by atoms with van der Waals surface area (Å²) in [5.74, 6) is 1.11. The zero-order valence-corrected chi connectivity index (χ0v) is 10.5. The van der Waals surface area contributed by atoms with Gasteiger partial charge >= 0.3 is 6.18 Å². The molecule has 1 unspecified atom stereocenters. The summed E-state index contributed by atoms with van der Waals surface area (Å²) in [6, 6.07) is 0. The highest BCUT2D eigenvalue weighted by atomic mass is 35.5. The highest BCUT2D eigenvalue weighted by molar-refractivity contribution is 6.17.